The number of sulfone groups is 1. The van der Waals surface area contributed by atoms with Crippen LogP contribution in [0.4, 0.5) is 19.4 Å². The molecule has 122 valence electrons. The van der Waals surface area contributed by atoms with Gasteiger partial charge in [0.1, 0.15) is 5.25 Å². The molecular weight excluding hydrogens is 382 g/mol. The fraction of sp³-hybridized carbons (Fsp3) is 0.400. The first-order chi connectivity index (χ1) is 9.05. The normalized spacial score (nSPS) is 30.1. The maximum Gasteiger partial charge on any atom is 0.288 e. The Morgan fingerprint density at radius 1 is 1.05 bits per heavy atom. The number of benzene rings is 1. The summed E-state index contributed by atoms with van der Waals surface area (Å²) in [6.07, 6.45) is -2.73. The summed E-state index contributed by atoms with van der Waals surface area (Å²) in [5, 5.41) is -2.76. The Labute approximate surface area is 127 Å². The molecule has 0 aromatic heterocycles. The molecule has 1 aromatic rings. The van der Waals surface area contributed by atoms with Crippen LogP contribution < -0.4 is 0 Å². The zero-order valence-electron chi connectivity index (χ0n) is 10.1. The van der Waals surface area contributed by atoms with E-state index in [9.17, 15) is 27.8 Å². The minimum absolute atomic E-state index is 0.219. The van der Waals surface area contributed by atoms with Crippen molar-refractivity contribution in [3.05, 3.63) is 29.3 Å². The molecule has 0 atom stereocenters. The lowest BCUT2D eigenvalue weighted by atomic mass is 9.98. The Morgan fingerprint density at radius 3 is 1.86 bits per heavy atom. The summed E-state index contributed by atoms with van der Waals surface area (Å²) in [7, 11) is -14.1. The highest BCUT2D eigenvalue weighted by Crippen LogP contribution is 3.02. The standard InChI is InChI=1S/C10H9Cl2F5O2S2/c11-7-1-3-8(4-2-7)20(18,19)10(12)5-9(6-10)21(13,14,15,16)17/h1-4,9H,5-6H2. The van der Waals surface area contributed by atoms with Gasteiger partial charge < -0.3 is 0 Å². The lowest BCUT2D eigenvalue weighted by molar-refractivity contribution is 0.291. The van der Waals surface area contributed by atoms with Gasteiger partial charge in [0.2, 0.25) is 0 Å². The van der Waals surface area contributed by atoms with Crippen LogP contribution in [-0.2, 0) is 9.84 Å². The molecule has 2 rings (SSSR count). The van der Waals surface area contributed by atoms with Gasteiger partial charge in [-0.25, -0.2) is 8.42 Å². The van der Waals surface area contributed by atoms with Gasteiger partial charge in [0.15, 0.2) is 14.0 Å². The molecule has 1 aliphatic carbocycles. The van der Waals surface area contributed by atoms with Crippen LogP contribution in [0.3, 0.4) is 0 Å². The number of rotatable bonds is 3. The Bertz CT molecular complexity index is 679. The third-order valence-corrected chi connectivity index (χ3v) is 8.25. The Balaban J connectivity index is 2.31. The van der Waals surface area contributed by atoms with E-state index in [1.165, 1.54) is 12.1 Å². The SMILES string of the molecule is O=S(=O)(c1ccc(Cl)cc1)C1(Cl)CC(S(F)(F)(F)(F)F)C1. The van der Waals surface area contributed by atoms with Crippen molar-refractivity contribution in [1.82, 2.24) is 0 Å². The average molecular weight is 391 g/mol. The fourth-order valence-electron chi connectivity index (χ4n) is 1.98. The highest BCUT2D eigenvalue weighted by atomic mass is 35.5. The Hall–Kier alpha value is -0.250. The summed E-state index contributed by atoms with van der Waals surface area (Å²) < 4.78 is 84.8. The van der Waals surface area contributed by atoms with Crippen LogP contribution >= 0.6 is 33.4 Å². The van der Waals surface area contributed by atoms with Crippen LogP contribution in [0.1, 0.15) is 12.8 Å². The second kappa shape index (κ2) is 3.98. The molecule has 1 saturated carbocycles. The third kappa shape index (κ3) is 3.11. The number of alkyl halides is 1. The number of hydrogen-bond acceptors (Lipinski definition) is 2. The van der Waals surface area contributed by atoms with Crippen molar-refractivity contribution in [3.63, 3.8) is 0 Å². The molecule has 0 spiro atoms. The van der Waals surface area contributed by atoms with Gasteiger partial charge in [-0.3, -0.25) is 0 Å². The smallest absolute Gasteiger partial charge is 0.222 e. The minimum Gasteiger partial charge on any atom is -0.222 e. The summed E-state index contributed by atoms with van der Waals surface area (Å²) in [4.78, 5) is -0.359. The highest BCUT2D eigenvalue weighted by Gasteiger charge is 2.77. The van der Waals surface area contributed by atoms with Crippen molar-refractivity contribution >= 4 is 43.3 Å². The molecule has 1 aliphatic rings. The first-order valence-electron chi connectivity index (χ1n) is 5.47. The van der Waals surface area contributed by atoms with E-state index in [0.29, 0.717) is 0 Å². The summed E-state index contributed by atoms with van der Waals surface area (Å²) in [6, 6.07) is 4.56. The molecule has 0 saturated heterocycles. The van der Waals surface area contributed by atoms with E-state index in [0.717, 1.165) is 12.1 Å². The van der Waals surface area contributed by atoms with Gasteiger partial charge in [0.05, 0.1) is 4.90 Å². The lowest BCUT2D eigenvalue weighted by Gasteiger charge is -2.55. The molecule has 0 N–H and O–H groups in total. The van der Waals surface area contributed by atoms with Gasteiger partial charge in [-0.1, -0.05) is 31.0 Å². The van der Waals surface area contributed by atoms with E-state index in [1.54, 1.807) is 0 Å². The van der Waals surface area contributed by atoms with Crippen LogP contribution in [0.15, 0.2) is 29.2 Å². The molecule has 0 radical (unpaired) electrons. The van der Waals surface area contributed by atoms with Gasteiger partial charge in [0.25, 0.3) is 10.2 Å². The van der Waals surface area contributed by atoms with E-state index in [-0.39, 0.29) is 9.92 Å². The van der Waals surface area contributed by atoms with Crippen molar-refractivity contribution in [2.45, 2.75) is 27.2 Å². The Morgan fingerprint density at radius 2 is 1.48 bits per heavy atom. The predicted molar refractivity (Wildman–Crippen MR) is 73.4 cm³/mol. The minimum atomic E-state index is -9.73. The summed E-state index contributed by atoms with van der Waals surface area (Å²) in [6.45, 7) is 0. The zero-order valence-corrected chi connectivity index (χ0v) is 13.2. The first-order valence-corrected chi connectivity index (χ1v) is 9.73. The van der Waals surface area contributed by atoms with E-state index in [1.807, 2.05) is 0 Å². The van der Waals surface area contributed by atoms with E-state index in [4.69, 9.17) is 23.2 Å². The quantitative estimate of drug-likeness (QED) is 0.503. The monoisotopic (exact) mass is 390 g/mol. The molecule has 2 nitrogen and oxygen atoms in total. The maximum absolute atomic E-state index is 12.6. The van der Waals surface area contributed by atoms with Gasteiger partial charge in [-0.15, -0.1) is 11.6 Å². The number of halogens is 7. The van der Waals surface area contributed by atoms with Crippen molar-refractivity contribution in [2.75, 3.05) is 0 Å². The molecule has 21 heavy (non-hydrogen) atoms. The second-order valence-corrected chi connectivity index (χ2v) is 11.3. The maximum atomic E-state index is 12.6. The molecule has 0 heterocycles. The summed E-state index contributed by atoms with van der Waals surface area (Å²) in [5.74, 6) is 0. The van der Waals surface area contributed by atoms with Gasteiger partial charge in [0, 0.05) is 17.9 Å². The van der Waals surface area contributed by atoms with Crippen molar-refractivity contribution in [2.24, 2.45) is 0 Å². The van der Waals surface area contributed by atoms with Crippen molar-refractivity contribution in [3.8, 4) is 0 Å². The topological polar surface area (TPSA) is 34.1 Å². The largest absolute Gasteiger partial charge is 0.288 e. The van der Waals surface area contributed by atoms with Crippen LogP contribution in [0.25, 0.3) is 0 Å². The van der Waals surface area contributed by atoms with E-state index < -0.39 is 42.4 Å². The fourth-order valence-corrected chi connectivity index (χ4v) is 6.10. The van der Waals surface area contributed by atoms with Gasteiger partial charge in [-0.05, 0) is 24.3 Å². The van der Waals surface area contributed by atoms with Crippen molar-refractivity contribution in [1.29, 1.82) is 0 Å². The molecule has 0 bridgehead atoms. The third-order valence-electron chi connectivity index (χ3n) is 3.30. The predicted octanol–water partition coefficient (Wildman–Crippen LogP) is 5.51. The van der Waals surface area contributed by atoms with E-state index in [2.05, 4.69) is 0 Å². The van der Waals surface area contributed by atoms with Gasteiger partial charge in [-0.2, -0.15) is 0 Å². The average Bonchev–Trinajstić information content (AvgIpc) is 2.22. The second-order valence-electron chi connectivity index (χ2n) is 4.90. The van der Waals surface area contributed by atoms with Crippen LogP contribution in [0.2, 0.25) is 5.02 Å². The van der Waals surface area contributed by atoms with Crippen LogP contribution in [0.5, 0.6) is 0 Å². The molecule has 1 aromatic carbocycles. The van der Waals surface area contributed by atoms with Crippen molar-refractivity contribution < 1.29 is 27.8 Å². The summed E-state index contributed by atoms with van der Waals surface area (Å²) in [5.41, 5.74) is 0. The first kappa shape index (κ1) is 17.1. The zero-order chi connectivity index (χ0) is 16.4. The summed E-state index contributed by atoms with van der Waals surface area (Å²) >= 11 is 11.2. The molecule has 1 fully saturated rings. The molecule has 0 amide bonds. The highest BCUT2D eigenvalue weighted by molar-refractivity contribution is 8.46. The molecule has 0 unspecified atom stereocenters. The number of hydrogen-bond donors (Lipinski definition) is 0. The Kier molecular flexibility index (Phi) is 3.25. The van der Waals surface area contributed by atoms with Crippen LogP contribution in [0, 0.1) is 0 Å². The van der Waals surface area contributed by atoms with Gasteiger partial charge >= 0.3 is 0 Å². The van der Waals surface area contributed by atoms with Crippen LogP contribution in [-0.4, -0.2) is 17.9 Å². The molecule has 11 heteroatoms. The van der Waals surface area contributed by atoms with E-state index >= 15 is 0 Å². The molecular formula is C10H9Cl2F5O2S2. The molecule has 0 aliphatic heterocycles. The lowest BCUT2D eigenvalue weighted by Crippen LogP contribution is -2.52.